The topological polar surface area (TPSA) is 140 Å². The summed E-state index contributed by atoms with van der Waals surface area (Å²) in [5.74, 6) is -0.865. The molecule has 2 aliphatic heterocycles. The van der Waals surface area contributed by atoms with Crippen LogP contribution in [0.2, 0.25) is 0 Å². The minimum atomic E-state index is -1.13. The molecule has 1 aromatic heterocycles. The lowest BCUT2D eigenvalue weighted by Gasteiger charge is -2.37. The lowest BCUT2D eigenvalue weighted by Crippen LogP contribution is -2.58. The van der Waals surface area contributed by atoms with Crippen molar-refractivity contribution in [2.75, 3.05) is 13.7 Å². The van der Waals surface area contributed by atoms with Crippen LogP contribution in [0.25, 0.3) is 11.0 Å². The molecule has 45 heavy (non-hydrogen) atoms. The molecule has 1 aromatic carbocycles. The molecule has 6 unspecified atom stereocenters. The Hall–Kier alpha value is -3.63. The molecule has 2 fully saturated rings. The molecule has 0 spiro atoms. The third-order valence-electron chi connectivity index (χ3n) is 10.0. The van der Waals surface area contributed by atoms with E-state index in [4.69, 9.17) is 24.2 Å². The van der Waals surface area contributed by atoms with E-state index >= 15 is 0 Å². The molecule has 2 amide bonds. The summed E-state index contributed by atoms with van der Waals surface area (Å²) in [4.78, 5) is 51.5. The first-order valence-electron chi connectivity index (χ1n) is 16.4. The summed E-state index contributed by atoms with van der Waals surface area (Å²) in [6.45, 7) is 9.48. The number of ether oxygens (including phenoxy) is 3. The van der Waals surface area contributed by atoms with E-state index in [1.807, 2.05) is 46.8 Å². The van der Waals surface area contributed by atoms with Crippen molar-refractivity contribution in [1.82, 2.24) is 20.2 Å². The number of amides is 2. The third-order valence-corrected chi connectivity index (χ3v) is 10.0. The number of carbonyl (C=O) groups is 3. The molecule has 1 saturated carbocycles. The Labute approximate surface area is 265 Å². The molecule has 0 radical (unpaired) electrons. The van der Waals surface area contributed by atoms with Gasteiger partial charge in [-0.05, 0) is 75.3 Å². The van der Waals surface area contributed by atoms with E-state index in [1.54, 1.807) is 13.2 Å². The summed E-state index contributed by atoms with van der Waals surface area (Å²) in [7, 11) is 1.59. The van der Waals surface area contributed by atoms with Crippen LogP contribution in [0.1, 0.15) is 91.7 Å². The van der Waals surface area contributed by atoms with E-state index < -0.39 is 53.1 Å². The van der Waals surface area contributed by atoms with Crippen LogP contribution >= 0.6 is 0 Å². The molecule has 5 rings (SSSR count). The second-order valence-electron chi connectivity index (χ2n) is 14.2. The van der Waals surface area contributed by atoms with Crippen LogP contribution in [-0.4, -0.2) is 75.4 Å². The Morgan fingerprint density at radius 1 is 1.13 bits per heavy atom. The number of nitrogens with one attached hydrogen (secondary N) is 1. The summed E-state index contributed by atoms with van der Waals surface area (Å²) < 4.78 is 18.1. The summed E-state index contributed by atoms with van der Waals surface area (Å²) in [5.41, 5.74) is 0.714. The third kappa shape index (κ3) is 6.82. The number of carboxylic acid groups (broad SMARTS) is 1. The van der Waals surface area contributed by atoms with Gasteiger partial charge in [0.05, 0.1) is 24.7 Å². The van der Waals surface area contributed by atoms with Crippen LogP contribution in [0.15, 0.2) is 18.2 Å². The maximum Gasteiger partial charge on any atom is 0.408 e. The first kappa shape index (κ1) is 32.8. The monoisotopic (exact) mass is 624 g/mol. The fourth-order valence-electron chi connectivity index (χ4n) is 7.44. The fourth-order valence-corrected chi connectivity index (χ4v) is 7.44. The van der Waals surface area contributed by atoms with Gasteiger partial charge < -0.3 is 29.5 Å². The molecule has 1 saturated heterocycles. The van der Waals surface area contributed by atoms with Crippen LogP contribution in [0.4, 0.5) is 4.79 Å². The van der Waals surface area contributed by atoms with Gasteiger partial charge >= 0.3 is 12.1 Å². The quantitative estimate of drug-likeness (QED) is 0.451. The number of fused-ring (bicyclic) bond motifs is 5. The second kappa shape index (κ2) is 13.0. The molecule has 1 aliphatic carbocycles. The van der Waals surface area contributed by atoms with E-state index in [0.717, 1.165) is 50.5 Å². The van der Waals surface area contributed by atoms with Gasteiger partial charge in [0.25, 0.3) is 0 Å². The highest BCUT2D eigenvalue weighted by atomic mass is 16.6. The van der Waals surface area contributed by atoms with Gasteiger partial charge in [0.2, 0.25) is 11.8 Å². The molecule has 2 N–H and O–H groups in total. The lowest BCUT2D eigenvalue weighted by atomic mass is 9.85. The number of methoxy groups -OCH3 is 1. The van der Waals surface area contributed by atoms with Crippen molar-refractivity contribution >= 4 is 29.0 Å². The van der Waals surface area contributed by atoms with Crippen LogP contribution in [0.5, 0.6) is 11.6 Å². The van der Waals surface area contributed by atoms with Gasteiger partial charge in [-0.25, -0.2) is 19.6 Å². The average Bonchev–Trinajstić information content (AvgIpc) is 3.53. The molecule has 2 bridgehead atoms. The van der Waals surface area contributed by atoms with Crippen molar-refractivity contribution in [2.24, 2.45) is 17.3 Å². The highest BCUT2D eigenvalue weighted by Crippen LogP contribution is 2.42. The summed E-state index contributed by atoms with van der Waals surface area (Å²) in [6.07, 6.45) is 6.31. The zero-order chi connectivity index (χ0) is 32.5. The Balaban J connectivity index is 1.56. The Bertz CT molecular complexity index is 1430. The smallest absolute Gasteiger partial charge is 0.408 e. The molecule has 11 nitrogen and oxygen atoms in total. The van der Waals surface area contributed by atoms with Gasteiger partial charge in [-0.15, -0.1) is 0 Å². The van der Waals surface area contributed by atoms with Crippen molar-refractivity contribution < 1.29 is 33.7 Å². The molecule has 3 heterocycles. The summed E-state index contributed by atoms with van der Waals surface area (Å²) in [6, 6.07) is 3.39. The predicted molar refractivity (Wildman–Crippen MR) is 168 cm³/mol. The highest BCUT2D eigenvalue weighted by Gasteiger charge is 2.52. The number of nitrogens with zero attached hydrogens (tertiary/aromatic N) is 3. The van der Waals surface area contributed by atoms with Gasteiger partial charge in [-0.1, -0.05) is 40.5 Å². The van der Waals surface area contributed by atoms with Crippen molar-refractivity contribution in [3.05, 3.63) is 23.9 Å². The highest BCUT2D eigenvalue weighted by molar-refractivity contribution is 5.90. The van der Waals surface area contributed by atoms with Gasteiger partial charge in [-0.3, -0.25) is 4.79 Å². The number of hydrogen-bond donors (Lipinski definition) is 2. The van der Waals surface area contributed by atoms with Gasteiger partial charge in [0.1, 0.15) is 35.2 Å². The minimum absolute atomic E-state index is 0.0364. The minimum Gasteiger partial charge on any atom is -0.497 e. The van der Waals surface area contributed by atoms with Gasteiger partial charge in [0.15, 0.2) is 0 Å². The first-order chi connectivity index (χ1) is 21.3. The van der Waals surface area contributed by atoms with Crippen molar-refractivity contribution in [3.63, 3.8) is 0 Å². The number of rotatable bonds is 3. The zero-order valence-corrected chi connectivity index (χ0v) is 27.4. The van der Waals surface area contributed by atoms with Crippen molar-refractivity contribution in [3.8, 4) is 11.6 Å². The Morgan fingerprint density at radius 2 is 1.89 bits per heavy atom. The molecular weight excluding hydrogens is 576 g/mol. The number of alkyl carbamates (subject to hydrolysis) is 1. The van der Waals surface area contributed by atoms with E-state index in [9.17, 15) is 19.5 Å². The van der Waals surface area contributed by atoms with Crippen molar-refractivity contribution in [2.45, 2.75) is 116 Å². The molecule has 6 atom stereocenters. The summed E-state index contributed by atoms with van der Waals surface area (Å²) >= 11 is 0. The fraction of sp³-hybridized carbons (Fsp3) is 0.676. The Kier molecular flexibility index (Phi) is 9.46. The molecule has 3 aliphatic rings. The number of carbonyl (C=O) groups excluding carboxylic acids is 2. The number of aliphatic carboxylic acids is 1. The Morgan fingerprint density at radius 3 is 2.58 bits per heavy atom. The zero-order valence-electron chi connectivity index (χ0n) is 27.4. The number of aromatic nitrogens is 2. The van der Waals surface area contributed by atoms with Gasteiger partial charge in [-0.2, -0.15) is 0 Å². The van der Waals surface area contributed by atoms with Gasteiger partial charge in [0, 0.05) is 12.0 Å². The maximum absolute atomic E-state index is 14.3. The van der Waals surface area contributed by atoms with Crippen molar-refractivity contribution in [1.29, 1.82) is 0 Å². The summed E-state index contributed by atoms with van der Waals surface area (Å²) in [5, 5.41) is 13.3. The van der Waals surface area contributed by atoms with Crippen LogP contribution in [-0.2, 0) is 20.7 Å². The van der Waals surface area contributed by atoms with Crippen LogP contribution in [0.3, 0.4) is 0 Å². The largest absolute Gasteiger partial charge is 0.497 e. The standard InChI is InChI=1S/C34H48N4O7/c1-7-22-26-19-38(27(22)31(40)41)30(39)28(33(2,3)4)37-32(42)45-34(5)17-11-13-20(34)12-9-8-10-14-24-29(44-26)36-25-18-21(43-6)15-16-23(25)35-24/h15-16,18,20,22,26-28H,7-14,17,19H2,1-6H3,(H,37,42)(H,40,41). The molecular formula is C34H48N4O7. The SMILES string of the molecule is CCC1C2CN(C(=O)C(C(C)(C)C)NC(=O)OC3(C)CCCC3CCCCCc3nc4ccc(OC)cc4nc3O2)C1C(=O)O. The maximum atomic E-state index is 14.3. The predicted octanol–water partition coefficient (Wildman–Crippen LogP) is 5.52. The van der Waals surface area contributed by atoms with Crippen LogP contribution < -0.4 is 14.8 Å². The molecule has 2 aromatic rings. The van der Waals surface area contributed by atoms with E-state index in [-0.39, 0.29) is 12.5 Å². The van der Waals surface area contributed by atoms with E-state index in [1.165, 1.54) is 4.90 Å². The van der Waals surface area contributed by atoms with E-state index in [0.29, 0.717) is 35.7 Å². The normalized spacial score (nSPS) is 29.9. The average molecular weight is 625 g/mol. The first-order valence-corrected chi connectivity index (χ1v) is 16.4. The number of carboxylic acids is 1. The number of hydrogen-bond acceptors (Lipinski definition) is 8. The number of benzene rings is 1. The number of aryl methyl sites for hydroxylation is 1. The van der Waals surface area contributed by atoms with Crippen LogP contribution in [0, 0.1) is 17.3 Å². The second-order valence-corrected chi connectivity index (χ2v) is 14.2. The lowest BCUT2D eigenvalue weighted by molar-refractivity contribution is -0.151. The molecule has 246 valence electrons. The molecule has 11 heteroatoms. The van der Waals surface area contributed by atoms with E-state index in [2.05, 4.69) is 5.32 Å².